The predicted octanol–water partition coefficient (Wildman–Crippen LogP) is 1.22. The number of hydrogen-bond donors (Lipinski definition) is 5. The molecule has 0 bridgehead atoms. The van der Waals surface area contributed by atoms with E-state index in [-0.39, 0.29) is 18.7 Å². The summed E-state index contributed by atoms with van der Waals surface area (Å²) < 4.78 is 5.83. The van der Waals surface area contributed by atoms with Gasteiger partial charge in [-0.1, -0.05) is 13.8 Å². The van der Waals surface area contributed by atoms with Gasteiger partial charge < -0.3 is 20.1 Å². The molecule has 1 aromatic heterocycles. The Morgan fingerprint density at radius 3 is 2.81 bits per heavy atom. The van der Waals surface area contributed by atoms with E-state index in [9.17, 15) is 9.90 Å². The summed E-state index contributed by atoms with van der Waals surface area (Å²) in [6, 6.07) is 4.14. The first-order valence-corrected chi connectivity index (χ1v) is 12.9. The second-order valence-electron chi connectivity index (χ2n) is 10.3. The van der Waals surface area contributed by atoms with E-state index in [2.05, 4.69) is 52.5 Å². The van der Waals surface area contributed by atoms with E-state index in [4.69, 9.17) is 9.72 Å². The Labute approximate surface area is 212 Å². The molecule has 1 atom stereocenters. The van der Waals surface area contributed by atoms with Gasteiger partial charge in [0.05, 0.1) is 30.5 Å². The van der Waals surface area contributed by atoms with Gasteiger partial charge in [-0.15, -0.1) is 0 Å². The van der Waals surface area contributed by atoms with Crippen molar-refractivity contribution in [2.75, 3.05) is 44.3 Å². The van der Waals surface area contributed by atoms with E-state index >= 15 is 0 Å². The lowest BCUT2D eigenvalue weighted by Gasteiger charge is -2.40. The maximum Gasteiger partial charge on any atom is 0.228 e. The third-order valence-corrected chi connectivity index (χ3v) is 7.35. The maximum atomic E-state index is 12.8. The largest absolute Gasteiger partial charge is 0.492 e. The minimum atomic E-state index is -0.715. The predicted molar refractivity (Wildman–Crippen MR) is 138 cm³/mol. The number of carbonyl (C=O) groups excluding carboxylic acids is 1. The molecular weight excluding hydrogens is 458 g/mol. The van der Waals surface area contributed by atoms with Gasteiger partial charge in [-0.3, -0.25) is 15.2 Å². The van der Waals surface area contributed by atoms with E-state index < -0.39 is 5.41 Å². The lowest BCUT2D eigenvalue weighted by molar-refractivity contribution is -0.135. The van der Waals surface area contributed by atoms with Crippen molar-refractivity contribution >= 4 is 17.3 Å². The van der Waals surface area contributed by atoms with E-state index in [1.165, 1.54) is 5.57 Å². The number of aliphatic hydroxyl groups excluding tert-OH is 1. The monoisotopic (exact) mass is 495 g/mol. The zero-order valence-electron chi connectivity index (χ0n) is 21.3. The van der Waals surface area contributed by atoms with Crippen LogP contribution >= 0.6 is 0 Å². The van der Waals surface area contributed by atoms with Gasteiger partial charge in [0.25, 0.3) is 0 Å². The highest BCUT2D eigenvalue weighted by Crippen LogP contribution is 2.38. The molecule has 1 unspecified atom stereocenters. The molecule has 0 aromatic carbocycles. The fourth-order valence-electron chi connectivity index (χ4n) is 5.21. The summed E-state index contributed by atoms with van der Waals surface area (Å²) in [7, 11) is 0. The molecule has 0 aliphatic carbocycles. The highest BCUT2D eigenvalue weighted by molar-refractivity contribution is 5.84. The zero-order valence-corrected chi connectivity index (χ0v) is 21.3. The number of fused-ring (bicyclic) bond motifs is 2. The number of amides is 1. The molecule has 5 N–H and O–H groups in total. The summed E-state index contributed by atoms with van der Waals surface area (Å²) in [5, 5.41) is 15.1. The van der Waals surface area contributed by atoms with Crippen molar-refractivity contribution in [3.8, 4) is 0 Å². The molecule has 2 saturated heterocycles. The Morgan fingerprint density at radius 1 is 1.33 bits per heavy atom. The number of anilines is 1. The molecule has 5 rings (SSSR count). The van der Waals surface area contributed by atoms with Crippen LogP contribution in [0.25, 0.3) is 5.57 Å². The lowest BCUT2D eigenvalue weighted by Crippen LogP contribution is -2.51. The minimum absolute atomic E-state index is 0.0394. The van der Waals surface area contributed by atoms with Crippen molar-refractivity contribution < 1.29 is 14.6 Å². The average molecular weight is 496 g/mol. The van der Waals surface area contributed by atoms with Crippen LogP contribution in [0.4, 0.5) is 5.82 Å². The summed E-state index contributed by atoms with van der Waals surface area (Å²) >= 11 is 0. The molecule has 0 radical (unpaired) electrons. The van der Waals surface area contributed by atoms with Crippen molar-refractivity contribution in [2.24, 2.45) is 11.3 Å². The van der Waals surface area contributed by atoms with Gasteiger partial charge in [0.15, 0.2) is 0 Å². The first-order chi connectivity index (χ1) is 17.4. The molecule has 0 spiro atoms. The summed E-state index contributed by atoms with van der Waals surface area (Å²) in [5.41, 5.74) is 13.6. The van der Waals surface area contributed by atoms with Crippen LogP contribution in [0, 0.1) is 11.3 Å². The molecule has 1 amide bonds. The number of nitrogens with one attached hydrogen (secondary N) is 4. The summed E-state index contributed by atoms with van der Waals surface area (Å²) in [6.07, 6.45) is 7.22. The molecule has 10 heteroatoms. The highest BCUT2D eigenvalue weighted by atomic mass is 16.5. The topological polar surface area (TPSA) is 114 Å². The summed E-state index contributed by atoms with van der Waals surface area (Å²) in [6.45, 7) is 9.31. The third-order valence-electron chi connectivity index (χ3n) is 7.35. The Hall–Kier alpha value is -2.92. The Morgan fingerprint density at radius 2 is 2.14 bits per heavy atom. The SMILES string of the molecule is CCOC1=CN2NC3NNCC3=C2C(c2ccc(N3CCC(CO)(C(=O)NCC(C)C)CC3)nc2)=C1. The Bertz CT molecular complexity index is 1070. The molecule has 36 heavy (non-hydrogen) atoms. The molecule has 0 saturated carbocycles. The van der Waals surface area contributed by atoms with E-state index in [1.54, 1.807) is 0 Å². The Kier molecular flexibility index (Phi) is 7.03. The minimum Gasteiger partial charge on any atom is -0.492 e. The van der Waals surface area contributed by atoms with Gasteiger partial charge in [0.1, 0.15) is 17.7 Å². The van der Waals surface area contributed by atoms with Crippen LogP contribution in [-0.4, -0.2) is 66.6 Å². The number of hydrogen-bond acceptors (Lipinski definition) is 9. The maximum absolute atomic E-state index is 12.8. The fourth-order valence-corrected chi connectivity index (χ4v) is 5.21. The number of nitrogens with zero attached hydrogens (tertiary/aromatic N) is 3. The fraction of sp³-hybridized carbons (Fsp3) is 0.538. The third kappa shape index (κ3) is 4.61. The standard InChI is InChI=1S/C26H37N7O3/c1-4-36-19-11-20(23-21-14-29-30-24(21)31-33(23)15-19)18-5-6-22(27-13-18)32-9-7-26(16-34,8-10-32)25(35)28-12-17(2)3/h5-6,11,13,15,17,24,29-31,34H,4,7-10,12,14,16H2,1-3H3,(H,28,35). The second-order valence-corrected chi connectivity index (χ2v) is 10.3. The van der Waals surface area contributed by atoms with Crippen molar-refractivity contribution in [1.82, 2.24) is 31.6 Å². The van der Waals surface area contributed by atoms with Crippen molar-refractivity contribution in [3.05, 3.63) is 53.2 Å². The van der Waals surface area contributed by atoms with Crippen LogP contribution in [0.15, 0.2) is 47.6 Å². The summed E-state index contributed by atoms with van der Waals surface area (Å²) in [4.78, 5) is 19.8. The number of ether oxygens (including phenoxy) is 1. The Balaban J connectivity index is 1.31. The zero-order chi connectivity index (χ0) is 25.3. The first-order valence-electron chi connectivity index (χ1n) is 12.9. The molecular formula is C26H37N7O3. The van der Waals surface area contributed by atoms with E-state index in [1.807, 2.05) is 30.4 Å². The quantitative estimate of drug-likeness (QED) is 0.363. The molecule has 2 fully saturated rings. The van der Waals surface area contributed by atoms with Gasteiger partial charge in [-0.05, 0) is 43.9 Å². The molecule has 5 heterocycles. The molecule has 10 nitrogen and oxygen atoms in total. The summed E-state index contributed by atoms with van der Waals surface area (Å²) in [5.74, 6) is 2.02. The normalized spacial score (nSPS) is 22.9. The molecule has 194 valence electrons. The number of rotatable bonds is 8. The number of pyridine rings is 1. The van der Waals surface area contributed by atoms with Crippen LogP contribution < -0.4 is 26.5 Å². The first kappa shape index (κ1) is 24.8. The number of allylic oxidation sites excluding steroid dienone is 2. The number of hydrazine groups is 2. The number of aromatic nitrogens is 1. The second kappa shape index (κ2) is 10.2. The van der Waals surface area contributed by atoms with Crippen LogP contribution in [0.2, 0.25) is 0 Å². The number of carbonyl (C=O) groups is 1. The van der Waals surface area contributed by atoms with Gasteiger partial charge in [-0.2, -0.15) is 0 Å². The molecule has 1 aromatic rings. The van der Waals surface area contributed by atoms with Crippen molar-refractivity contribution in [3.63, 3.8) is 0 Å². The van der Waals surface area contributed by atoms with Crippen LogP contribution in [0.1, 0.15) is 39.2 Å². The van der Waals surface area contributed by atoms with Gasteiger partial charge >= 0.3 is 0 Å². The van der Waals surface area contributed by atoms with Crippen LogP contribution in [0.5, 0.6) is 0 Å². The number of aliphatic hydroxyl groups is 1. The van der Waals surface area contributed by atoms with E-state index in [0.717, 1.165) is 35.0 Å². The van der Waals surface area contributed by atoms with Gasteiger partial charge in [0.2, 0.25) is 5.91 Å². The van der Waals surface area contributed by atoms with Crippen molar-refractivity contribution in [2.45, 2.75) is 39.8 Å². The lowest BCUT2D eigenvalue weighted by atomic mass is 9.78. The number of piperidine rings is 1. The van der Waals surface area contributed by atoms with E-state index in [0.29, 0.717) is 45.0 Å². The van der Waals surface area contributed by atoms with Gasteiger partial charge in [-0.25, -0.2) is 15.8 Å². The smallest absolute Gasteiger partial charge is 0.228 e. The van der Waals surface area contributed by atoms with Crippen LogP contribution in [-0.2, 0) is 9.53 Å². The average Bonchev–Trinajstić information content (AvgIpc) is 3.48. The van der Waals surface area contributed by atoms with Crippen molar-refractivity contribution in [1.29, 1.82) is 0 Å². The highest BCUT2D eigenvalue weighted by Gasteiger charge is 2.41. The molecule has 4 aliphatic rings. The molecule has 4 aliphatic heterocycles. The van der Waals surface area contributed by atoms with Gasteiger partial charge in [0, 0.05) is 49.1 Å². The van der Waals surface area contributed by atoms with Crippen LogP contribution in [0.3, 0.4) is 0 Å².